The van der Waals surface area contributed by atoms with Gasteiger partial charge in [0, 0.05) is 10.6 Å². The molecular weight excluding hydrogens is 384 g/mol. The Hall–Kier alpha value is -2.45. The van der Waals surface area contributed by atoms with Crippen molar-refractivity contribution in [2.75, 3.05) is 24.4 Å². The Kier molecular flexibility index (Phi) is 7.32. The molecule has 8 heteroatoms. The first-order chi connectivity index (χ1) is 12.9. The predicted molar refractivity (Wildman–Crippen MR) is 112 cm³/mol. The molecule has 144 valence electrons. The van der Waals surface area contributed by atoms with Crippen molar-refractivity contribution in [2.24, 2.45) is 0 Å². The molecule has 6 nitrogen and oxygen atoms in total. The molecule has 2 rings (SSSR count). The van der Waals surface area contributed by atoms with Crippen molar-refractivity contribution in [2.45, 2.75) is 27.2 Å². The molecule has 0 aliphatic carbocycles. The summed E-state index contributed by atoms with van der Waals surface area (Å²) in [6.07, 6.45) is 0.778. The van der Waals surface area contributed by atoms with Crippen LogP contribution in [0.5, 0.6) is 0 Å². The largest absolute Gasteiger partial charge is 0.465 e. The van der Waals surface area contributed by atoms with Gasteiger partial charge in [0.05, 0.1) is 24.8 Å². The van der Waals surface area contributed by atoms with E-state index in [2.05, 4.69) is 10.6 Å². The van der Waals surface area contributed by atoms with Gasteiger partial charge in [-0.15, -0.1) is 11.3 Å². The maximum Gasteiger partial charge on any atom is 0.341 e. The van der Waals surface area contributed by atoms with Gasteiger partial charge in [-0.1, -0.05) is 6.92 Å². The molecule has 0 spiro atoms. The van der Waals surface area contributed by atoms with Crippen molar-refractivity contribution in [3.8, 4) is 0 Å². The lowest BCUT2D eigenvalue weighted by Crippen LogP contribution is -2.20. The highest BCUT2D eigenvalue weighted by Crippen LogP contribution is 2.33. The highest BCUT2D eigenvalue weighted by Gasteiger charge is 2.20. The maximum atomic E-state index is 12.0. The molecule has 0 aliphatic heterocycles. The lowest BCUT2D eigenvalue weighted by Gasteiger charge is -2.11. The normalized spacial score (nSPS) is 10.2. The Morgan fingerprint density at radius 2 is 1.78 bits per heavy atom. The van der Waals surface area contributed by atoms with Crippen molar-refractivity contribution in [3.63, 3.8) is 0 Å². The topological polar surface area (TPSA) is 76.7 Å². The van der Waals surface area contributed by atoms with Crippen LogP contribution in [-0.4, -0.2) is 30.8 Å². The van der Waals surface area contributed by atoms with Crippen LogP contribution in [0.25, 0.3) is 0 Å². The Morgan fingerprint density at radius 1 is 1.11 bits per heavy atom. The molecule has 0 unspecified atom stereocenters. The van der Waals surface area contributed by atoms with Crippen LogP contribution < -0.4 is 10.6 Å². The SMILES string of the molecule is CCCOC(=O)c1ccc(NC(=S)Nc2sc(C)c(C)c2C(=O)OC)cc1. The number of carbonyl (C=O) groups is 2. The van der Waals surface area contributed by atoms with E-state index in [1.54, 1.807) is 24.3 Å². The van der Waals surface area contributed by atoms with Gasteiger partial charge in [0.15, 0.2) is 5.11 Å². The van der Waals surface area contributed by atoms with Crippen molar-refractivity contribution in [3.05, 3.63) is 45.8 Å². The monoisotopic (exact) mass is 406 g/mol. The molecule has 1 aromatic carbocycles. The summed E-state index contributed by atoms with van der Waals surface area (Å²) in [5, 5.41) is 7.05. The fourth-order valence-electron chi connectivity index (χ4n) is 2.30. The lowest BCUT2D eigenvalue weighted by molar-refractivity contribution is 0.0504. The van der Waals surface area contributed by atoms with Gasteiger partial charge in [0.2, 0.25) is 0 Å². The standard InChI is InChI=1S/C19H22N2O4S2/c1-5-10-25-17(22)13-6-8-14(9-7-13)20-19(26)21-16-15(18(23)24-4)11(2)12(3)27-16/h6-9H,5,10H2,1-4H3,(H2,20,21,26). The molecule has 27 heavy (non-hydrogen) atoms. The van der Waals surface area contributed by atoms with Crippen LogP contribution in [0.15, 0.2) is 24.3 Å². The smallest absolute Gasteiger partial charge is 0.341 e. The van der Waals surface area contributed by atoms with Gasteiger partial charge >= 0.3 is 11.9 Å². The molecular formula is C19H22N2O4S2. The summed E-state index contributed by atoms with van der Waals surface area (Å²) < 4.78 is 9.95. The van der Waals surface area contributed by atoms with E-state index in [0.29, 0.717) is 33.5 Å². The van der Waals surface area contributed by atoms with Crippen LogP contribution >= 0.6 is 23.6 Å². The number of nitrogens with one attached hydrogen (secondary N) is 2. The number of thiocarbonyl (C=S) groups is 1. The number of methoxy groups -OCH3 is 1. The predicted octanol–water partition coefficient (Wildman–Crippen LogP) is 4.53. The highest BCUT2D eigenvalue weighted by atomic mass is 32.1. The molecule has 1 aromatic heterocycles. The Labute approximate surface area is 167 Å². The fraction of sp³-hybridized carbons (Fsp3) is 0.316. The Morgan fingerprint density at radius 3 is 2.37 bits per heavy atom. The van der Waals surface area contributed by atoms with Crippen LogP contribution in [0.2, 0.25) is 0 Å². The van der Waals surface area contributed by atoms with Crippen molar-refractivity contribution >= 4 is 51.3 Å². The summed E-state index contributed by atoms with van der Waals surface area (Å²) >= 11 is 6.77. The van der Waals surface area contributed by atoms with Gasteiger partial charge in [-0.25, -0.2) is 9.59 Å². The number of aryl methyl sites for hydroxylation is 1. The zero-order valence-electron chi connectivity index (χ0n) is 15.7. The highest BCUT2D eigenvalue weighted by molar-refractivity contribution is 7.80. The molecule has 0 fully saturated rings. The minimum absolute atomic E-state index is 0.336. The lowest BCUT2D eigenvalue weighted by atomic mass is 10.1. The van der Waals surface area contributed by atoms with E-state index in [-0.39, 0.29) is 5.97 Å². The Balaban J connectivity index is 2.05. The number of hydrogen-bond donors (Lipinski definition) is 2. The van der Waals surface area contributed by atoms with Gasteiger partial charge in [-0.05, 0) is 62.3 Å². The summed E-state index contributed by atoms with van der Waals surface area (Å²) in [5.41, 5.74) is 2.54. The third kappa shape index (κ3) is 5.27. The number of thiophene rings is 1. The number of esters is 2. The van der Waals surface area contributed by atoms with Gasteiger partial charge in [0.1, 0.15) is 5.00 Å². The van der Waals surface area contributed by atoms with E-state index >= 15 is 0 Å². The number of anilines is 2. The minimum Gasteiger partial charge on any atom is -0.465 e. The third-order valence-electron chi connectivity index (χ3n) is 3.82. The van der Waals surface area contributed by atoms with Crippen molar-refractivity contribution < 1.29 is 19.1 Å². The summed E-state index contributed by atoms with van der Waals surface area (Å²) in [6, 6.07) is 6.82. The molecule has 0 atom stereocenters. The molecule has 0 bridgehead atoms. The molecule has 0 radical (unpaired) electrons. The van der Waals surface area contributed by atoms with Gasteiger partial charge < -0.3 is 20.1 Å². The quantitative estimate of drug-likeness (QED) is 0.539. The molecule has 0 aliphatic rings. The fourth-order valence-corrected chi connectivity index (χ4v) is 3.63. The average molecular weight is 407 g/mol. The number of ether oxygens (including phenoxy) is 2. The summed E-state index contributed by atoms with van der Waals surface area (Å²) in [4.78, 5) is 24.9. The van der Waals surface area contributed by atoms with Crippen LogP contribution in [-0.2, 0) is 9.47 Å². The van der Waals surface area contributed by atoms with E-state index in [4.69, 9.17) is 21.7 Å². The van der Waals surface area contributed by atoms with Gasteiger partial charge in [0.25, 0.3) is 0 Å². The second kappa shape index (κ2) is 9.48. The molecule has 2 N–H and O–H groups in total. The van der Waals surface area contributed by atoms with Gasteiger partial charge in [-0.3, -0.25) is 0 Å². The van der Waals surface area contributed by atoms with Crippen LogP contribution in [0.1, 0.15) is 44.5 Å². The zero-order chi connectivity index (χ0) is 20.0. The van der Waals surface area contributed by atoms with Crippen molar-refractivity contribution in [1.29, 1.82) is 0 Å². The summed E-state index contributed by atoms with van der Waals surface area (Å²) in [7, 11) is 1.35. The van der Waals surface area contributed by atoms with E-state index in [1.807, 2.05) is 20.8 Å². The second-order valence-electron chi connectivity index (χ2n) is 5.77. The van der Waals surface area contributed by atoms with Crippen LogP contribution in [0, 0.1) is 13.8 Å². The van der Waals surface area contributed by atoms with E-state index in [9.17, 15) is 9.59 Å². The summed E-state index contributed by atoms with van der Waals surface area (Å²) in [5.74, 6) is -0.756. The summed E-state index contributed by atoms with van der Waals surface area (Å²) in [6.45, 7) is 6.14. The number of rotatable bonds is 6. The molecule has 2 aromatic rings. The third-order valence-corrected chi connectivity index (χ3v) is 5.14. The van der Waals surface area contributed by atoms with E-state index < -0.39 is 5.97 Å². The maximum absolute atomic E-state index is 12.0. The zero-order valence-corrected chi connectivity index (χ0v) is 17.3. The molecule has 0 amide bonds. The molecule has 0 saturated heterocycles. The average Bonchev–Trinajstić information content (AvgIpc) is 2.93. The van der Waals surface area contributed by atoms with Crippen LogP contribution in [0.4, 0.5) is 10.7 Å². The number of hydrogen-bond acceptors (Lipinski definition) is 6. The molecule has 1 heterocycles. The molecule has 0 saturated carbocycles. The van der Waals surface area contributed by atoms with E-state index in [0.717, 1.165) is 16.9 Å². The number of carbonyl (C=O) groups excluding carboxylic acids is 2. The van der Waals surface area contributed by atoms with Crippen molar-refractivity contribution in [1.82, 2.24) is 0 Å². The number of benzene rings is 1. The first-order valence-electron chi connectivity index (χ1n) is 8.40. The second-order valence-corrected chi connectivity index (χ2v) is 7.40. The van der Waals surface area contributed by atoms with Crippen LogP contribution in [0.3, 0.4) is 0 Å². The van der Waals surface area contributed by atoms with Gasteiger partial charge in [-0.2, -0.15) is 0 Å². The van der Waals surface area contributed by atoms with E-state index in [1.165, 1.54) is 18.4 Å². The Bertz CT molecular complexity index is 844. The first-order valence-corrected chi connectivity index (χ1v) is 9.63. The first kappa shape index (κ1) is 20.9. The minimum atomic E-state index is -0.405.